The zero-order valence-electron chi connectivity index (χ0n) is 32.3. The van der Waals surface area contributed by atoms with Crippen molar-refractivity contribution in [3.05, 3.63) is 182 Å². The van der Waals surface area contributed by atoms with Gasteiger partial charge in [-0.2, -0.15) is 0 Å². The van der Waals surface area contributed by atoms with Crippen molar-refractivity contribution in [2.75, 3.05) is 0 Å². The first-order chi connectivity index (χ1) is 26.8. The van der Waals surface area contributed by atoms with Gasteiger partial charge in [0.1, 0.15) is 11.2 Å². The van der Waals surface area contributed by atoms with Gasteiger partial charge >= 0.3 is 0 Å². The molecule has 0 spiro atoms. The first-order valence-electron chi connectivity index (χ1n) is 19.4. The van der Waals surface area contributed by atoms with E-state index in [2.05, 4.69) is 42.5 Å². The molecule has 0 saturated heterocycles. The second-order valence-corrected chi connectivity index (χ2v) is 12.3. The molecule has 1 heteroatoms. The van der Waals surface area contributed by atoms with Crippen molar-refractivity contribution in [1.82, 2.24) is 0 Å². The Hall–Kier alpha value is -6.44. The third-order valence-electron chi connectivity index (χ3n) is 9.61. The molecule has 1 nitrogen and oxygen atoms in total. The van der Waals surface area contributed by atoms with E-state index in [0.29, 0.717) is 27.9 Å². The summed E-state index contributed by atoms with van der Waals surface area (Å²) in [5, 5.41) is 5.77. The summed E-state index contributed by atoms with van der Waals surface area (Å²) in [5.41, 5.74) is 7.21. The van der Waals surface area contributed by atoms with Crippen molar-refractivity contribution < 1.29 is 12.6 Å². The molecule has 1 aromatic heterocycles. The molecule has 0 N–H and O–H groups in total. The zero-order chi connectivity index (χ0) is 37.5. The van der Waals surface area contributed by atoms with Gasteiger partial charge in [-0.25, -0.2) is 0 Å². The highest BCUT2D eigenvalue weighted by Crippen LogP contribution is 2.46. The largest absolute Gasteiger partial charge is 0.456 e. The molecule has 0 aliphatic rings. The summed E-state index contributed by atoms with van der Waals surface area (Å²) >= 11 is 0. The molecule has 10 rings (SSSR count). The van der Waals surface area contributed by atoms with Gasteiger partial charge in [0, 0.05) is 10.8 Å². The summed E-state index contributed by atoms with van der Waals surface area (Å²) in [4.78, 5) is 0. The fourth-order valence-electron chi connectivity index (χ4n) is 7.40. The van der Waals surface area contributed by atoms with Crippen LogP contribution in [0.1, 0.15) is 8.22 Å². The van der Waals surface area contributed by atoms with Crippen LogP contribution in [-0.2, 0) is 0 Å². The Labute approximate surface area is 292 Å². The third-order valence-corrected chi connectivity index (χ3v) is 9.61. The number of fused-ring (bicyclic) bond motifs is 6. The molecule has 0 amide bonds. The Morgan fingerprint density at radius 2 is 0.796 bits per heavy atom. The van der Waals surface area contributed by atoms with Gasteiger partial charge in [-0.3, -0.25) is 0 Å². The maximum atomic E-state index is 9.76. The number of benzene rings is 9. The molecule has 228 valence electrons. The van der Waals surface area contributed by atoms with Crippen molar-refractivity contribution in [3.8, 4) is 44.5 Å². The highest BCUT2D eigenvalue weighted by atomic mass is 16.3. The summed E-state index contributed by atoms with van der Waals surface area (Å²) in [6, 6.07) is 46.4. The average Bonchev–Trinajstić information content (AvgIpc) is 3.60. The molecule has 0 bridgehead atoms. The van der Waals surface area contributed by atoms with E-state index in [-0.39, 0.29) is 40.5 Å². The van der Waals surface area contributed by atoms with Crippen LogP contribution in [0, 0.1) is 0 Å². The Balaban J connectivity index is 1.29. The van der Waals surface area contributed by atoms with Crippen molar-refractivity contribution in [2.45, 2.75) is 0 Å². The van der Waals surface area contributed by atoms with E-state index in [1.807, 2.05) is 103 Å². The van der Waals surface area contributed by atoms with Gasteiger partial charge in [-0.15, -0.1) is 0 Å². The molecule has 0 radical (unpaired) electrons. The van der Waals surface area contributed by atoms with E-state index in [0.717, 1.165) is 54.6 Å². The molecule has 10 aromatic rings. The van der Waals surface area contributed by atoms with E-state index in [1.165, 1.54) is 0 Å². The number of furan rings is 1. The van der Waals surface area contributed by atoms with Gasteiger partial charge in [0.2, 0.25) is 0 Å². The van der Waals surface area contributed by atoms with E-state index in [9.17, 15) is 5.48 Å². The van der Waals surface area contributed by atoms with Crippen LogP contribution in [0.4, 0.5) is 0 Å². The maximum Gasteiger partial charge on any atom is 0.136 e. The van der Waals surface area contributed by atoms with Gasteiger partial charge in [0.05, 0.1) is 8.22 Å². The van der Waals surface area contributed by atoms with Crippen LogP contribution in [-0.4, -0.2) is 0 Å². The molecular formula is C48H30O. The first-order valence-corrected chi connectivity index (χ1v) is 16.4. The summed E-state index contributed by atoms with van der Waals surface area (Å²) in [5.74, 6) is 0. The second kappa shape index (κ2) is 11.1. The van der Waals surface area contributed by atoms with Crippen molar-refractivity contribution in [1.29, 1.82) is 0 Å². The summed E-state index contributed by atoms with van der Waals surface area (Å²) < 4.78 is 62.2. The predicted molar refractivity (Wildman–Crippen MR) is 208 cm³/mol. The van der Waals surface area contributed by atoms with Crippen LogP contribution in [0.25, 0.3) is 98.8 Å². The Kier molecular flexibility index (Phi) is 5.02. The molecular weight excluding hydrogens is 593 g/mol. The molecule has 0 fully saturated rings. The average molecular weight is 629 g/mol. The predicted octanol–water partition coefficient (Wildman–Crippen LogP) is 13.7. The topological polar surface area (TPSA) is 13.1 Å². The molecule has 0 unspecified atom stereocenters. The fraction of sp³-hybridized carbons (Fsp3) is 0. The normalized spacial score (nSPS) is 13.4. The number of hydrogen-bond acceptors (Lipinski definition) is 1. The van der Waals surface area contributed by atoms with Crippen molar-refractivity contribution in [2.24, 2.45) is 0 Å². The van der Waals surface area contributed by atoms with E-state index in [4.69, 9.17) is 7.16 Å². The summed E-state index contributed by atoms with van der Waals surface area (Å²) in [7, 11) is 0. The standard InChI is InChI=1S/C48H30O/c1-3-13-31(14-4-1)33-23-25-38-39-26-24-34(30-46(39)49-45(38)29-33)35-27-28-44(37-18-8-7-17-36(35)37)48-42-21-11-9-19-40(42)47(32-15-5-2-6-16-32)41-20-10-12-22-43(41)48/h1-30H/i7D,8D,17D,18D,27D,28D. The lowest BCUT2D eigenvalue weighted by Crippen LogP contribution is -1.92. The van der Waals surface area contributed by atoms with Gasteiger partial charge in [0.25, 0.3) is 0 Å². The van der Waals surface area contributed by atoms with Crippen LogP contribution in [0.5, 0.6) is 0 Å². The molecule has 0 aliphatic heterocycles. The highest BCUT2D eigenvalue weighted by Gasteiger charge is 2.19. The summed E-state index contributed by atoms with van der Waals surface area (Å²) in [6.45, 7) is 0. The molecule has 0 aliphatic carbocycles. The molecule has 1 heterocycles. The van der Waals surface area contributed by atoms with Crippen LogP contribution >= 0.6 is 0 Å². The lowest BCUT2D eigenvalue weighted by molar-refractivity contribution is 0.669. The fourth-order valence-corrected chi connectivity index (χ4v) is 7.40. The Morgan fingerprint density at radius 3 is 1.41 bits per heavy atom. The molecule has 49 heavy (non-hydrogen) atoms. The van der Waals surface area contributed by atoms with E-state index < -0.39 is 12.1 Å². The van der Waals surface area contributed by atoms with Crippen LogP contribution in [0.3, 0.4) is 0 Å². The Morgan fingerprint density at radius 1 is 0.327 bits per heavy atom. The van der Waals surface area contributed by atoms with Crippen molar-refractivity contribution in [3.63, 3.8) is 0 Å². The third kappa shape index (κ3) is 4.40. The highest BCUT2D eigenvalue weighted by molar-refractivity contribution is 6.24. The smallest absolute Gasteiger partial charge is 0.136 e. The van der Waals surface area contributed by atoms with Gasteiger partial charge in [-0.05, 0) is 101 Å². The number of hydrogen-bond donors (Lipinski definition) is 0. The van der Waals surface area contributed by atoms with E-state index >= 15 is 0 Å². The monoisotopic (exact) mass is 628 g/mol. The van der Waals surface area contributed by atoms with Gasteiger partial charge < -0.3 is 4.42 Å². The van der Waals surface area contributed by atoms with Gasteiger partial charge in [-0.1, -0.05) is 158 Å². The lowest BCUT2D eigenvalue weighted by Gasteiger charge is -2.19. The maximum absolute atomic E-state index is 9.76. The quantitative estimate of drug-likeness (QED) is 0.177. The summed E-state index contributed by atoms with van der Waals surface area (Å²) in [6.07, 6.45) is 0. The van der Waals surface area contributed by atoms with Crippen LogP contribution in [0.15, 0.2) is 186 Å². The zero-order valence-corrected chi connectivity index (χ0v) is 26.3. The lowest BCUT2D eigenvalue weighted by atomic mass is 9.84. The first kappa shape index (κ1) is 22.2. The minimum absolute atomic E-state index is 0.118. The van der Waals surface area contributed by atoms with Crippen LogP contribution < -0.4 is 0 Å². The van der Waals surface area contributed by atoms with Crippen molar-refractivity contribution >= 4 is 54.3 Å². The minimum Gasteiger partial charge on any atom is -0.456 e. The minimum atomic E-state index is -0.394. The SMILES string of the molecule is [2H]c1c([2H])c([2H])c2c(-c3c4ccccc4c(-c4ccccc4)c4ccccc34)c([2H])c([2H])c(-c3ccc4c(c3)oc3cc(-c5ccccc5)ccc34)c2c1[2H]. The van der Waals surface area contributed by atoms with Gasteiger partial charge in [0.15, 0.2) is 0 Å². The molecule has 0 atom stereocenters. The second-order valence-electron chi connectivity index (χ2n) is 12.3. The molecule has 9 aromatic carbocycles. The van der Waals surface area contributed by atoms with Crippen LogP contribution in [0.2, 0.25) is 0 Å². The number of rotatable bonds is 4. The molecule has 0 saturated carbocycles. The Bertz CT molecular complexity index is 3150. The van der Waals surface area contributed by atoms with E-state index in [1.54, 1.807) is 0 Å².